The first kappa shape index (κ1) is 18.2. The molecule has 3 aromatic rings. The molecule has 150 valence electrons. The lowest BCUT2D eigenvalue weighted by molar-refractivity contribution is 0.00330. The van der Waals surface area contributed by atoms with Crippen molar-refractivity contribution >= 4 is 17.2 Å². The molecule has 0 aliphatic carbocycles. The van der Waals surface area contributed by atoms with Crippen molar-refractivity contribution in [2.75, 3.05) is 19.8 Å². The van der Waals surface area contributed by atoms with Gasteiger partial charge in [-0.1, -0.05) is 6.07 Å². The van der Waals surface area contributed by atoms with Crippen molar-refractivity contribution in [3.05, 3.63) is 52.6 Å². The Hall–Kier alpha value is -2.84. The van der Waals surface area contributed by atoms with Gasteiger partial charge in [0.15, 0.2) is 11.5 Å². The van der Waals surface area contributed by atoms with Gasteiger partial charge in [-0.3, -0.25) is 4.79 Å². The molecule has 0 fully saturated rings. The van der Waals surface area contributed by atoms with Crippen LogP contribution in [0.1, 0.15) is 21.9 Å². The topological polar surface area (TPSA) is 74.6 Å². The third kappa shape index (κ3) is 3.86. The maximum absolute atomic E-state index is 12.1. The average Bonchev–Trinajstić information content (AvgIpc) is 3.37. The van der Waals surface area contributed by atoms with E-state index in [1.54, 1.807) is 0 Å². The molecule has 1 amide bonds. The maximum Gasteiger partial charge on any atom is 0.261 e. The second-order valence-electron chi connectivity index (χ2n) is 7.03. The summed E-state index contributed by atoms with van der Waals surface area (Å²) < 4.78 is 19.5. The second-order valence-corrected chi connectivity index (χ2v) is 7.97. The van der Waals surface area contributed by atoms with Crippen LogP contribution in [0, 0.1) is 0 Å². The van der Waals surface area contributed by atoms with Crippen molar-refractivity contribution in [1.29, 1.82) is 0 Å². The number of fused-ring (bicyclic) bond motifs is 2. The summed E-state index contributed by atoms with van der Waals surface area (Å²) >= 11 is 1.43. The van der Waals surface area contributed by atoms with E-state index in [-0.39, 0.29) is 12.0 Å². The minimum atomic E-state index is -0.0859. The van der Waals surface area contributed by atoms with Crippen LogP contribution in [-0.2, 0) is 17.9 Å². The lowest BCUT2D eigenvalue weighted by Crippen LogP contribution is -2.38. The van der Waals surface area contributed by atoms with Crippen LogP contribution >= 0.6 is 11.3 Å². The number of amides is 1. The summed E-state index contributed by atoms with van der Waals surface area (Å²) in [6.45, 7) is 2.87. The Morgan fingerprint density at radius 1 is 1.24 bits per heavy atom. The molecule has 2 aliphatic heterocycles. The molecule has 1 aromatic carbocycles. The summed E-state index contributed by atoms with van der Waals surface area (Å²) in [4.78, 5) is 17.6. The fourth-order valence-corrected chi connectivity index (χ4v) is 4.12. The van der Waals surface area contributed by atoms with Gasteiger partial charge in [-0.2, -0.15) is 0 Å². The molecule has 2 aromatic heterocycles. The van der Waals surface area contributed by atoms with Gasteiger partial charge in [0.25, 0.3) is 5.91 Å². The highest BCUT2D eigenvalue weighted by Gasteiger charge is 2.23. The van der Waals surface area contributed by atoms with Crippen LogP contribution in [-0.4, -0.2) is 41.3 Å². The van der Waals surface area contributed by atoms with Crippen LogP contribution in [0.15, 0.2) is 41.9 Å². The van der Waals surface area contributed by atoms with Crippen molar-refractivity contribution in [2.24, 2.45) is 0 Å². The molecular weight excluding hydrogens is 390 g/mol. The fourth-order valence-electron chi connectivity index (χ4n) is 3.48. The first-order chi connectivity index (χ1) is 14.3. The van der Waals surface area contributed by atoms with Crippen LogP contribution in [0.5, 0.6) is 11.5 Å². The number of ether oxygens (including phenoxy) is 3. The third-order valence-electron chi connectivity index (χ3n) is 4.99. The number of nitrogens with zero attached hydrogens (tertiary/aromatic N) is 2. The highest BCUT2D eigenvalue weighted by atomic mass is 32.1. The van der Waals surface area contributed by atoms with Gasteiger partial charge < -0.3 is 24.1 Å². The Bertz CT molecular complexity index is 1020. The van der Waals surface area contributed by atoms with E-state index in [9.17, 15) is 4.79 Å². The second kappa shape index (κ2) is 7.88. The number of hydrogen-bond donors (Lipinski definition) is 1. The van der Waals surface area contributed by atoms with E-state index in [1.165, 1.54) is 11.3 Å². The molecule has 1 N–H and O–H groups in total. The minimum absolute atomic E-state index is 0.0621. The van der Waals surface area contributed by atoms with Crippen molar-refractivity contribution < 1.29 is 19.0 Å². The molecule has 1 atom stereocenters. The molecule has 29 heavy (non-hydrogen) atoms. The number of aromatic nitrogens is 2. The monoisotopic (exact) mass is 411 g/mol. The van der Waals surface area contributed by atoms with E-state index < -0.39 is 0 Å². The molecule has 7 nitrogen and oxygen atoms in total. The van der Waals surface area contributed by atoms with Crippen molar-refractivity contribution in [2.45, 2.75) is 25.7 Å². The zero-order valence-corrected chi connectivity index (χ0v) is 16.6. The SMILES string of the molecule is O=C(NC[C@H]1Cn2cc(-c3ccc4c(c3)OCCCO4)nc2CO1)c1cccs1. The summed E-state index contributed by atoms with van der Waals surface area (Å²) in [7, 11) is 0. The van der Waals surface area contributed by atoms with E-state index >= 15 is 0 Å². The Morgan fingerprint density at radius 2 is 2.14 bits per heavy atom. The first-order valence-electron chi connectivity index (χ1n) is 9.65. The van der Waals surface area contributed by atoms with Crippen molar-refractivity contribution in [1.82, 2.24) is 14.9 Å². The molecule has 0 saturated carbocycles. The van der Waals surface area contributed by atoms with E-state index in [0.29, 0.717) is 37.8 Å². The fraction of sp³-hybridized carbons (Fsp3) is 0.333. The van der Waals surface area contributed by atoms with Crippen LogP contribution < -0.4 is 14.8 Å². The smallest absolute Gasteiger partial charge is 0.261 e. The van der Waals surface area contributed by atoms with Crippen LogP contribution in [0.25, 0.3) is 11.3 Å². The first-order valence-corrected chi connectivity index (χ1v) is 10.5. The molecule has 0 spiro atoms. The van der Waals surface area contributed by atoms with Gasteiger partial charge in [0.1, 0.15) is 12.4 Å². The van der Waals surface area contributed by atoms with Gasteiger partial charge in [-0.05, 0) is 29.6 Å². The van der Waals surface area contributed by atoms with Gasteiger partial charge >= 0.3 is 0 Å². The molecule has 5 rings (SSSR count). The Balaban J connectivity index is 1.27. The molecule has 4 heterocycles. The zero-order valence-electron chi connectivity index (χ0n) is 15.8. The zero-order chi connectivity index (χ0) is 19.6. The molecule has 0 unspecified atom stereocenters. The van der Waals surface area contributed by atoms with E-state index in [2.05, 4.69) is 9.88 Å². The lowest BCUT2D eigenvalue weighted by atomic mass is 10.1. The van der Waals surface area contributed by atoms with E-state index in [1.807, 2.05) is 41.9 Å². The summed E-state index contributed by atoms with van der Waals surface area (Å²) in [5, 5.41) is 4.84. The number of rotatable bonds is 4. The number of benzene rings is 1. The van der Waals surface area contributed by atoms with E-state index in [0.717, 1.165) is 35.0 Å². The third-order valence-corrected chi connectivity index (χ3v) is 5.85. The Labute approximate surface area is 172 Å². The molecule has 8 heteroatoms. The summed E-state index contributed by atoms with van der Waals surface area (Å²) in [5.74, 6) is 2.36. The van der Waals surface area contributed by atoms with Crippen molar-refractivity contribution in [3.8, 4) is 22.8 Å². The normalized spacial score (nSPS) is 18.0. The maximum atomic E-state index is 12.1. The standard InChI is InChI=1S/C21H21N3O4S/c25-21(19-3-1-8-29-19)22-10-15-11-24-12-16(23-20(24)13-28-15)14-4-5-17-18(9-14)27-7-2-6-26-17/h1,3-5,8-9,12,15H,2,6-7,10-11,13H2,(H,22,25)/t15-/m0/s1. The number of imidazole rings is 1. The molecule has 2 aliphatic rings. The van der Waals surface area contributed by atoms with Gasteiger partial charge in [0.2, 0.25) is 0 Å². The molecule has 0 bridgehead atoms. The molecule has 0 saturated heterocycles. The highest BCUT2D eigenvalue weighted by Crippen LogP contribution is 2.34. The largest absolute Gasteiger partial charge is 0.490 e. The van der Waals surface area contributed by atoms with Gasteiger partial charge in [0.05, 0.1) is 36.4 Å². The van der Waals surface area contributed by atoms with Gasteiger partial charge in [-0.25, -0.2) is 4.98 Å². The minimum Gasteiger partial charge on any atom is -0.490 e. The average molecular weight is 411 g/mol. The quantitative estimate of drug-likeness (QED) is 0.714. The number of nitrogens with one attached hydrogen (secondary N) is 1. The highest BCUT2D eigenvalue weighted by molar-refractivity contribution is 7.12. The molecular formula is C21H21N3O4S. The molecule has 0 radical (unpaired) electrons. The Morgan fingerprint density at radius 3 is 3.00 bits per heavy atom. The van der Waals surface area contributed by atoms with Crippen LogP contribution in [0.3, 0.4) is 0 Å². The van der Waals surface area contributed by atoms with E-state index in [4.69, 9.17) is 19.2 Å². The summed E-state index contributed by atoms with van der Waals surface area (Å²) in [5.41, 5.74) is 1.86. The predicted octanol–water partition coefficient (Wildman–Crippen LogP) is 3.10. The number of carbonyl (C=O) groups is 1. The number of thiophene rings is 1. The van der Waals surface area contributed by atoms with Crippen LogP contribution in [0.2, 0.25) is 0 Å². The lowest BCUT2D eigenvalue weighted by Gasteiger charge is -2.24. The predicted molar refractivity (Wildman–Crippen MR) is 108 cm³/mol. The van der Waals surface area contributed by atoms with Gasteiger partial charge in [0, 0.05) is 24.7 Å². The number of carbonyl (C=O) groups excluding carboxylic acids is 1. The Kier molecular flexibility index (Phi) is 4.95. The number of hydrogen-bond acceptors (Lipinski definition) is 6. The summed E-state index contributed by atoms with van der Waals surface area (Å²) in [6.07, 6.45) is 2.83. The summed E-state index contributed by atoms with van der Waals surface area (Å²) in [6, 6.07) is 9.61. The van der Waals surface area contributed by atoms with Crippen molar-refractivity contribution in [3.63, 3.8) is 0 Å². The van der Waals surface area contributed by atoms with Crippen LogP contribution in [0.4, 0.5) is 0 Å². The van der Waals surface area contributed by atoms with Gasteiger partial charge in [-0.15, -0.1) is 11.3 Å².